The van der Waals surface area contributed by atoms with Gasteiger partial charge in [0.05, 0.1) is 11.8 Å². The van der Waals surface area contributed by atoms with Crippen LogP contribution in [0, 0.1) is 17.8 Å². The predicted octanol–water partition coefficient (Wildman–Crippen LogP) is 4.87. The van der Waals surface area contributed by atoms with E-state index in [9.17, 15) is 32.4 Å². The monoisotopic (exact) mass is 837 g/mol. The molecule has 3 N–H and O–H groups in total. The van der Waals surface area contributed by atoms with Gasteiger partial charge in [0.2, 0.25) is 21.8 Å². The van der Waals surface area contributed by atoms with E-state index in [4.69, 9.17) is 21.1 Å². The Morgan fingerprint density at radius 2 is 1.74 bits per heavy atom. The van der Waals surface area contributed by atoms with Gasteiger partial charge in [-0.3, -0.25) is 28.5 Å². The molecule has 1 aromatic heterocycles. The van der Waals surface area contributed by atoms with E-state index in [1.807, 2.05) is 6.08 Å². The smallest absolute Gasteiger partial charge is 0.408 e. The quantitative estimate of drug-likeness (QED) is 0.328. The van der Waals surface area contributed by atoms with E-state index in [2.05, 4.69) is 28.0 Å². The van der Waals surface area contributed by atoms with Crippen molar-refractivity contribution in [1.82, 2.24) is 24.8 Å². The molecule has 4 amide bonds. The van der Waals surface area contributed by atoms with Crippen LogP contribution in [0.2, 0.25) is 5.02 Å². The Balaban J connectivity index is 1.15. The second kappa shape index (κ2) is 16.4. The zero-order valence-electron chi connectivity index (χ0n) is 32.5. The summed E-state index contributed by atoms with van der Waals surface area (Å²) >= 11 is 6.35. The van der Waals surface area contributed by atoms with Crippen LogP contribution in [0.5, 0.6) is 5.88 Å². The van der Waals surface area contributed by atoms with Crippen LogP contribution in [-0.4, -0.2) is 83.3 Å². The second-order valence-corrected chi connectivity index (χ2v) is 19.4. The fourth-order valence-corrected chi connectivity index (χ4v) is 11.1. The zero-order valence-corrected chi connectivity index (χ0v) is 34.1. The molecular weight excluding hydrogens is 786 g/mol. The van der Waals surface area contributed by atoms with Gasteiger partial charge in [-0.2, -0.15) is 0 Å². The summed E-state index contributed by atoms with van der Waals surface area (Å²) in [4.78, 5) is 72.2. The third-order valence-corrected chi connectivity index (χ3v) is 15.1. The number of amides is 4. The Bertz CT molecular complexity index is 2180. The van der Waals surface area contributed by atoms with Crippen molar-refractivity contribution in [3.8, 4) is 5.88 Å². The minimum Gasteiger partial charge on any atom is -0.473 e. The molecule has 2 aliphatic heterocycles. The summed E-state index contributed by atoms with van der Waals surface area (Å²) in [6, 6.07) is 4.61. The number of hydrogen-bond acceptors (Lipinski definition) is 9. The maximum Gasteiger partial charge on any atom is 0.408 e. The minimum absolute atomic E-state index is 0.0122. The van der Waals surface area contributed by atoms with E-state index in [1.54, 1.807) is 28.8 Å². The topological polar surface area (TPSA) is 182 Å². The lowest BCUT2D eigenvalue weighted by molar-refractivity contribution is -0.142. The molecular formula is C42H52ClN5O9S. The van der Waals surface area contributed by atoms with Gasteiger partial charge in [0, 0.05) is 35.4 Å². The molecule has 0 spiro atoms. The van der Waals surface area contributed by atoms with Crippen LogP contribution in [0.4, 0.5) is 4.79 Å². The first kappa shape index (κ1) is 40.4. The summed E-state index contributed by atoms with van der Waals surface area (Å²) in [5.41, 5.74) is -1.84. The van der Waals surface area contributed by atoms with E-state index >= 15 is 0 Å². The number of halogens is 1. The van der Waals surface area contributed by atoms with Crippen LogP contribution in [0.15, 0.2) is 53.9 Å². The SMILES string of the molecule is C=C[C@@H]1C[C@]1(NC(=O)[C@@H]1C[C@@H]2CN1C(=O)[C@H](C1CCCCC1)NC(=O)O[C@@H]1CCC[C@H]1C/C=C/CCn1c(cc3cc(Cl)ccc3c1=O)O2)C(=O)NS(=O)(=O)C1CC1. The first-order valence-corrected chi connectivity index (χ1v) is 22.7. The molecule has 0 radical (unpaired) electrons. The van der Waals surface area contributed by atoms with E-state index in [0.717, 1.165) is 32.1 Å². The Labute approximate surface area is 343 Å². The van der Waals surface area contributed by atoms with Crippen LogP contribution in [0.3, 0.4) is 0 Å². The van der Waals surface area contributed by atoms with Gasteiger partial charge in [-0.1, -0.05) is 49.1 Å². The predicted molar refractivity (Wildman–Crippen MR) is 216 cm³/mol. The highest BCUT2D eigenvalue weighted by Gasteiger charge is 2.62. The third-order valence-electron chi connectivity index (χ3n) is 13.1. The molecule has 312 valence electrons. The molecule has 1 aromatic carbocycles. The molecule has 14 nitrogen and oxygen atoms in total. The molecule has 5 fully saturated rings. The minimum atomic E-state index is -3.92. The van der Waals surface area contributed by atoms with Crippen molar-refractivity contribution in [3.05, 3.63) is 64.4 Å². The number of hydrogen-bond donors (Lipinski definition) is 3. The Kier molecular flexibility index (Phi) is 11.4. The van der Waals surface area contributed by atoms with Crippen LogP contribution in [0.25, 0.3) is 10.8 Å². The molecule has 4 saturated carbocycles. The molecule has 0 unspecified atom stereocenters. The zero-order chi connectivity index (χ0) is 40.8. The number of ether oxygens (including phenoxy) is 2. The lowest BCUT2D eigenvalue weighted by Gasteiger charge is -2.35. The van der Waals surface area contributed by atoms with E-state index < -0.39 is 68.7 Å². The number of allylic oxidation sites excluding steroid dienone is 2. The van der Waals surface area contributed by atoms with Gasteiger partial charge in [0.15, 0.2) is 5.88 Å². The van der Waals surface area contributed by atoms with Crippen LogP contribution < -0.4 is 25.7 Å². The highest BCUT2D eigenvalue weighted by atomic mass is 35.5. The van der Waals surface area contributed by atoms with Crippen molar-refractivity contribution in [2.45, 2.75) is 132 Å². The molecule has 58 heavy (non-hydrogen) atoms. The van der Waals surface area contributed by atoms with Crippen molar-refractivity contribution in [1.29, 1.82) is 0 Å². The molecule has 3 heterocycles. The van der Waals surface area contributed by atoms with E-state index in [1.165, 1.54) is 11.0 Å². The van der Waals surface area contributed by atoms with Gasteiger partial charge in [0.25, 0.3) is 11.5 Å². The standard InChI is InChI=1S/C42H52ClN5O9S/c1-2-28-23-42(28,40(52)46-58(54,55)31-16-17-31)45-37(49)33-22-30-24-48(33)39(51)36(26-11-5-3-6-12-26)44-41(53)57-34-14-9-13-25(34)10-7-4-8-19-47-35(56-30)21-27-20-29(43)15-18-32(27)38(47)50/h2,4,7,15,18,20-21,25-26,28,30-31,33-34,36H,1,3,5-6,8-14,16-17,19,22-24H2,(H,44,53)(H,45,49)(H,46,52)/b7-4+/t25-,28-,30-,33+,34-,36+,42-/m1/s1. The number of carbonyl (C=O) groups is 4. The number of benzene rings is 1. The number of fused-ring (bicyclic) bond motifs is 5. The summed E-state index contributed by atoms with van der Waals surface area (Å²) in [6.45, 7) is 4.03. The average Bonchev–Trinajstić information content (AvgIpc) is 4.09. The number of nitrogens with zero attached hydrogens (tertiary/aromatic N) is 2. The van der Waals surface area contributed by atoms with Crippen molar-refractivity contribution >= 4 is 56.2 Å². The van der Waals surface area contributed by atoms with Crippen molar-refractivity contribution in [2.24, 2.45) is 17.8 Å². The molecule has 2 bridgehead atoms. The molecule has 1 saturated heterocycles. The van der Waals surface area contributed by atoms with Crippen molar-refractivity contribution in [3.63, 3.8) is 0 Å². The average molecular weight is 838 g/mol. The van der Waals surface area contributed by atoms with Crippen molar-refractivity contribution in [2.75, 3.05) is 6.54 Å². The summed E-state index contributed by atoms with van der Waals surface area (Å²) in [7, 11) is -3.92. The molecule has 16 heteroatoms. The first-order valence-electron chi connectivity index (χ1n) is 20.8. The molecule has 8 rings (SSSR count). The van der Waals surface area contributed by atoms with Crippen LogP contribution >= 0.6 is 11.6 Å². The lowest BCUT2D eigenvalue weighted by Crippen LogP contribution is -2.59. The number of carbonyl (C=O) groups excluding carboxylic acids is 4. The van der Waals surface area contributed by atoms with Gasteiger partial charge in [-0.05, 0) is 99.6 Å². The third kappa shape index (κ3) is 8.25. The van der Waals surface area contributed by atoms with E-state index in [-0.39, 0.29) is 48.8 Å². The van der Waals surface area contributed by atoms with Gasteiger partial charge >= 0.3 is 6.09 Å². The largest absolute Gasteiger partial charge is 0.473 e. The normalized spacial score (nSPS) is 31.4. The highest BCUT2D eigenvalue weighted by molar-refractivity contribution is 7.91. The molecule has 2 aromatic rings. The van der Waals surface area contributed by atoms with Crippen molar-refractivity contribution < 1.29 is 37.1 Å². The number of rotatable bonds is 7. The maximum atomic E-state index is 15.0. The highest BCUT2D eigenvalue weighted by Crippen LogP contribution is 2.46. The summed E-state index contributed by atoms with van der Waals surface area (Å²) in [5, 5.41) is 6.60. The lowest BCUT2D eigenvalue weighted by atomic mass is 9.83. The number of sulfonamides is 1. The summed E-state index contributed by atoms with van der Waals surface area (Å²) < 4.78 is 42.0. The fraction of sp³-hybridized carbons (Fsp3) is 0.595. The molecule has 7 atom stereocenters. The van der Waals surface area contributed by atoms with Crippen LogP contribution in [0.1, 0.15) is 89.9 Å². The second-order valence-electron chi connectivity index (χ2n) is 17.0. The molecule has 4 aliphatic carbocycles. The van der Waals surface area contributed by atoms with Gasteiger partial charge < -0.3 is 25.0 Å². The number of alkyl carbamates (subject to hydrolysis) is 1. The Morgan fingerprint density at radius 1 is 0.966 bits per heavy atom. The first-order chi connectivity index (χ1) is 27.9. The Morgan fingerprint density at radius 3 is 2.48 bits per heavy atom. The number of nitrogens with one attached hydrogen (secondary N) is 3. The van der Waals surface area contributed by atoms with Gasteiger partial charge in [0.1, 0.15) is 29.8 Å². The number of aromatic nitrogens is 1. The van der Waals surface area contributed by atoms with E-state index in [0.29, 0.717) is 67.3 Å². The molecule has 6 aliphatic rings. The van der Waals surface area contributed by atoms with Gasteiger partial charge in [-0.15, -0.1) is 6.58 Å². The Hall–Kier alpha value is -4.37. The number of pyridine rings is 1. The van der Waals surface area contributed by atoms with Gasteiger partial charge in [-0.25, -0.2) is 13.2 Å². The maximum absolute atomic E-state index is 15.0. The fourth-order valence-electron chi connectivity index (χ4n) is 9.52. The summed E-state index contributed by atoms with van der Waals surface area (Å²) in [5.74, 6) is -2.37. The summed E-state index contributed by atoms with van der Waals surface area (Å²) in [6.07, 6.45) is 12.7. The van der Waals surface area contributed by atoms with Crippen LogP contribution in [-0.2, 0) is 35.7 Å².